The minimum Gasteiger partial charge on any atom is -0.443 e. The summed E-state index contributed by atoms with van der Waals surface area (Å²) in [4.78, 5) is 23.3. The van der Waals surface area contributed by atoms with Gasteiger partial charge in [0.1, 0.15) is 11.6 Å². The van der Waals surface area contributed by atoms with E-state index in [1.54, 1.807) is 20.8 Å². The van der Waals surface area contributed by atoms with Crippen molar-refractivity contribution in [1.29, 1.82) is 0 Å². The smallest absolute Gasteiger partial charge is 0.422 e. The van der Waals surface area contributed by atoms with E-state index in [0.29, 0.717) is 0 Å². The molecule has 0 heterocycles. The Bertz CT molecular complexity index is 580. The lowest BCUT2D eigenvalue weighted by Crippen LogP contribution is -2.49. The fourth-order valence-electron chi connectivity index (χ4n) is 1.53. The molecule has 0 saturated heterocycles. The maximum Gasteiger partial charge on any atom is 0.422 e. The molecule has 0 spiro atoms. The van der Waals surface area contributed by atoms with E-state index in [1.165, 1.54) is 6.92 Å². The number of carbonyl (C=O) groups excluding carboxylic acids is 2. The Morgan fingerprint density at radius 3 is 2.08 bits per heavy atom. The lowest BCUT2D eigenvalue weighted by atomic mass is 10.2. The molecule has 1 aromatic rings. The normalized spacial score (nSPS) is 13.1. The van der Waals surface area contributed by atoms with Crippen molar-refractivity contribution in [1.82, 2.24) is 10.9 Å². The van der Waals surface area contributed by atoms with Crippen LogP contribution in [0.15, 0.2) is 24.3 Å². The van der Waals surface area contributed by atoms with Gasteiger partial charge >= 0.3 is 12.3 Å². The molecule has 24 heavy (non-hydrogen) atoms. The molecule has 9 heteroatoms. The second-order valence-corrected chi connectivity index (χ2v) is 6.06. The molecule has 1 atom stereocenters. The highest BCUT2D eigenvalue weighted by atomic mass is 19.4. The summed E-state index contributed by atoms with van der Waals surface area (Å²) >= 11 is 0. The van der Waals surface area contributed by atoms with Gasteiger partial charge in [0.05, 0.1) is 5.56 Å². The van der Waals surface area contributed by atoms with Gasteiger partial charge in [0.25, 0.3) is 0 Å². The summed E-state index contributed by atoms with van der Waals surface area (Å²) in [6.45, 7) is 6.53. The Labute approximate surface area is 137 Å². The molecule has 1 unspecified atom stereocenters. The Morgan fingerprint density at radius 1 is 1.08 bits per heavy atom. The average molecular weight is 347 g/mol. The van der Waals surface area contributed by atoms with Crippen LogP contribution in [0, 0.1) is 0 Å². The van der Waals surface area contributed by atoms with Gasteiger partial charge in [-0.2, -0.15) is 13.2 Å². The molecule has 0 fully saturated rings. The minimum atomic E-state index is -4.44. The molecular formula is C15H20F3N3O3. The lowest BCUT2D eigenvalue weighted by Gasteiger charge is -2.21. The zero-order valence-electron chi connectivity index (χ0n) is 13.7. The first kappa shape index (κ1) is 19.8. The maximum absolute atomic E-state index is 12.5. The van der Waals surface area contributed by atoms with Crippen molar-refractivity contribution in [2.75, 3.05) is 5.32 Å². The largest absolute Gasteiger partial charge is 0.443 e. The van der Waals surface area contributed by atoms with Gasteiger partial charge in [0.15, 0.2) is 0 Å². The number of ether oxygens (including phenoxy) is 1. The molecule has 0 radical (unpaired) electrons. The molecule has 0 aliphatic rings. The number of alkyl halides is 3. The van der Waals surface area contributed by atoms with E-state index in [2.05, 4.69) is 16.2 Å². The Balaban J connectivity index is 2.51. The van der Waals surface area contributed by atoms with Crippen LogP contribution in [0.25, 0.3) is 0 Å². The van der Waals surface area contributed by atoms with E-state index in [1.807, 2.05) is 0 Å². The average Bonchev–Trinajstić information content (AvgIpc) is 2.42. The molecule has 6 nitrogen and oxygen atoms in total. The van der Waals surface area contributed by atoms with E-state index in [-0.39, 0.29) is 5.69 Å². The summed E-state index contributed by atoms with van der Waals surface area (Å²) < 4.78 is 42.3. The molecule has 0 bridgehead atoms. The minimum absolute atomic E-state index is 0.207. The molecule has 0 aliphatic carbocycles. The molecule has 134 valence electrons. The highest BCUT2D eigenvalue weighted by molar-refractivity contribution is 5.94. The third kappa shape index (κ3) is 6.86. The highest BCUT2D eigenvalue weighted by Gasteiger charge is 2.30. The number of hydrogen-bond acceptors (Lipinski definition) is 4. The summed E-state index contributed by atoms with van der Waals surface area (Å²) in [6.07, 6.45) is -5.19. The van der Waals surface area contributed by atoms with E-state index in [0.717, 1.165) is 24.3 Å². The number of nitrogens with one attached hydrogen (secondary N) is 3. The Morgan fingerprint density at radius 2 is 1.62 bits per heavy atom. The lowest BCUT2D eigenvalue weighted by molar-refractivity contribution is -0.137. The van der Waals surface area contributed by atoms with Crippen LogP contribution in [0.4, 0.5) is 23.7 Å². The van der Waals surface area contributed by atoms with Crippen LogP contribution in [-0.2, 0) is 15.7 Å². The zero-order chi connectivity index (χ0) is 18.5. The van der Waals surface area contributed by atoms with Crippen LogP contribution in [-0.4, -0.2) is 23.6 Å². The molecular weight excluding hydrogens is 327 g/mol. The first-order chi connectivity index (χ1) is 10.9. The fourth-order valence-corrected chi connectivity index (χ4v) is 1.53. The van der Waals surface area contributed by atoms with Crippen molar-refractivity contribution >= 4 is 17.7 Å². The topological polar surface area (TPSA) is 79.5 Å². The van der Waals surface area contributed by atoms with E-state index in [9.17, 15) is 22.8 Å². The fraction of sp³-hybridized carbons (Fsp3) is 0.467. The third-order valence-electron chi connectivity index (χ3n) is 2.66. The van der Waals surface area contributed by atoms with Gasteiger partial charge in [-0.1, -0.05) is 0 Å². The van der Waals surface area contributed by atoms with Crippen molar-refractivity contribution in [2.45, 2.75) is 45.5 Å². The second kappa shape index (κ2) is 7.52. The molecule has 2 amide bonds. The van der Waals surface area contributed by atoms with Crippen molar-refractivity contribution in [2.24, 2.45) is 0 Å². The molecule has 1 rings (SSSR count). The van der Waals surface area contributed by atoms with Crippen molar-refractivity contribution in [3.8, 4) is 0 Å². The number of amides is 2. The monoisotopic (exact) mass is 347 g/mol. The van der Waals surface area contributed by atoms with Crippen LogP contribution in [0.3, 0.4) is 0 Å². The first-order valence-electron chi connectivity index (χ1n) is 7.11. The van der Waals surface area contributed by atoms with Gasteiger partial charge < -0.3 is 10.1 Å². The number of anilines is 1. The number of halogens is 3. The Kier molecular flexibility index (Phi) is 6.19. The third-order valence-corrected chi connectivity index (χ3v) is 2.66. The second-order valence-electron chi connectivity index (χ2n) is 6.06. The van der Waals surface area contributed by atoms with Gasteiger partial charge in [-0.05, 0) is 52.0 Å². The molecule has 0 aliphatic heterocycles. The first-order valence-corrected chi connectivity index (χ1v) is 7.11. The molecule has 0 saturated carbocycles. The van der Waals surface area contributed by atoms with Gasteiger partial charge in [0, 0.05) is 5.69 Å². The highest BCUT2D eigenvalue weighted by Crippen LogP contribution is 2.29. The van der Waals surface area contributed by atoms with Gasteiger partial charge in [-0.3, -0.25) is 10.2 Å². The van der Waals surface area contributed by atoms with Crippen molar-refractivity contribution < 1.29 is 27.5 Å². The van der Waals surface area contributed by atoms with E-state index < -0.39 is 35.4 Å². The quantitative estimate of drug-likeness (QED) is 0.732. The van der Waals surface area contributed by atoms with Crippen molar-refractivity contribution in [3.05, 3.63) is 29.8 Å². The standard InChI is InChI=1S/C15H20F3N3O3/c1-9(20-21-13(23)24-14(2,3)4)12(22)19-11-7-5-10(6-8-11)15(16,17)18/h5-9,20H,1-4H3,(H,19,22)(H,21,23). The van der Waals surface area contributed by atoms with Crippen molar-refractivity contribution in [3.63, 3.8) is 0 Å². The Hall–Kier alpha value is -2.29. The van der Waals surface area contributed by atoms with Gasteiger partial charge in [-0.25, -0.2) is 10.2 Å². The van der Waals surface area contributed by atoms with Crippen LogP contribution < -0.4 is 16.2 Å². The van der Waals surface area contributed by atoms with Gasteiger partial charge in [0.2, 0.25) is 5.91 Å². The van der Waals surface area contributed by atoms with E-state index in [4.69, 9.17) is 4.74 Å². The number of hydrogen-bond donors (Lipinski definition) is 3. The molecule has 0 aromatic heterocycles. The zero-order valence-corrected chi connectivity index (χ0v) is 13.7. The number of hydrazine groups is 1. The number of benzene rings is 1. The number of carbonyl (C=O) groups is 2. The predicted octanol–water partition coefficient (Wildman–Crippen LogP) is 3.06. The maximum atomic E-state index is 12.5. The molecule has 1 aromatic carbocycles. The summed E-state index contributed by atoms with van der Waals surface area (Å²) in [6, 6.07) is 3.20. The van der Waals surface area contributed by atoms with Gasteiger partial charge in [-0.15, -0.1) is 0 Å². The summed E-state index contributed by atoms with van der Waals surface area (Å²) in [5, 5.41) is 2.43. The summed E-state index contributed by atoms with van der Waals surface area (Å²) in [5.74, 6) is -0.536. The van der Waals surface area contributed by atoms with Crippen LogP contribution in [0.1, 0.15) is 33.3 Å². The summed E-state index contributed by atoms with van der Waals surface area (Å²) in [5.41, 5.74) is 3.38. The number of rotatable bonds is 4. The van der Waals surface area contributed by atoms with Crippen LogP contribution in [0.2, 0.25) is 0 Å². The predicted molar refractivity (Wildman–Crippen MR) is 82.0 cm³/mol. The SMILES string of the molecule is CC(NNC(=O)OC(C)(C)C)C(=O)Nc1ccc(C(F)(F)F)cc1. The van der Waals surface area contributed by atoms with Crippen LogP contribution in [0.5, 0.6) is 0 Å². The molecule has 3 N–H and O–H groups in total. The summed E-state index contributed by atoms with van der Waals surface area (Å²) in [7, 11) is 0. The van der Waals surface area contributed by atoms with Crippen LogP contribution >= 0.6 is 0 Å². The van der Waals surface area contributed by atoms with E-state index >= 15 is 0 Å².